The number of ether oxygens (including phenoxy) is 3. The first-order valence-electron chi connectivity index (χ1n) is 14.3. The molecular formula is C30H41ClO7. The number of aliphatic hydroxyl groups excluding tert-OH is 1. The minimum Gasteiger partial charge on any atom is -0.456 e. The molecule has 6 aliphatic rings. The molecule has 0 aromatic carbocycles. The predicted octanol–water partition coefficient (Wildman–Crippen LogP) is 4.08. The zero-order valence-electron chi connectivity index (χ0n) is 23.0. The van der Waals surface area contributed by atoms with E-state index < -0.39 is 40.5 Å². The molecule has 2 heterocycles. The number of esters is 1. The molecule has 0 radical (unpaired) electrons. The number of aliphatic hydroxyl groups is 2. The van der Waals surface area contributed by atoms with Gasteiger partial charge in [0.05, 0.1) is 10.8 Å². The number of carbonyl (C=O) groups is 2. The van der Waals surface area contributed by atoms with Crippen LogP contribution in [0.15, 0.2) is 23.3 Å². The zero-order valence-corrected chi connectivity index (χ0v) is 23.8. The third-order valence-corrected chi connectivity index (χ3v) is 12.6. The van der Waals surface area contributed by atoms with Gasteiger partial charge in [-0.05, 0) is 96.6 Å². The number of carbonyl (C=O) groups excluding carboxylic acids is 2. The van der Waals surface area contributed by atoms with E-state index >= 15 is 0 Å². The first kappa shape index (κ1) is 26.9. The Morgan fingerprint density at radius 2 is 1.89 bits per heavy atom. The molecule has 6 rings (SSSR count). The van der Waals surface area contributed by atoms with Crippen molar-refractivity contribution in [2.75, 3.05) is 6.61 Å². The average molecular weight is 549 g/mol. The number of ketones is 1. The third kappa shape index (κ3) is 3.06. The highest BCUT2D eigenvalue weighted by Gasteiger charge is 2.76. The smallest absolute Gasteiger partial charge is 0.334 e. The van der Waals surface area contributed by atoms with Crippen LogP contribution in [0.1, 0.15) is 73.1 Å². The molecule has 1 unspecified atom stereocenters. The summed E-state index contributed by atoms with van der Waals surface area (Å²) < 4.78 is 19.2. The first-order chi connectivity index (χ1) is 17.9. The zero-order chi connectivity index (χ0) is 27.4. The Kier molecular flexibility index (Phi) is 6.12. The highest BCUT2D eigenvalue weighted by atomic mass is 35.5. The second-order valence-corrected chi connectivity index (χ2v) is 13.7. The van der Waals surface area contributed by atoms with Crippen molar-refractivity contribution in [3.05, 3.63) is 23.3 Å². The van der Waals surface area contributed by atoms with Crippen molar-refractivity contribution in [3.8, 4) is 0 Å². The number of hydrogen-bond acceptors (Lipinski definition) is 7. The fourth-order valence-electron chi connectivity index (χ4n) is 10.00. The maximum atomic E-state index is 13.5. The van der Waals surface area contributed by atoms with E-state index in [0.29, 0.717) is 31.4 Å². The Hall–Kier alpha value is -1.25. The molecule has 4 aliphatic carbocycles. The van der Waals surface area contributed by atoms with Crippen LogP contribution in [0.25, 0.3) is 0 Å². The van der Waals surface area contributed by atoms with Gasteiger partial charge in [-0.3, -0.25) is 4.79 Å². The van der Waals surface area contributed by atoms with E-state index in [1.165, 1.54) is 12.2 Å². The van der Waals surface area contributed by atoms with Gasteiger partial charge in [0, 0.05) is 29.9 Å². The van der Waals surface area contributed by atoms with E-state index in [2.05, 4.69) is 6.92 Å². The van der Waals surface area contributed by atoms with E-state index in [4.69, 9.17) is 25.8 Å². The maximum absolute atomic E-state index is 13.5. The van der Waals surface area contributed by atoms with E-state index in [-0.39, 0.29) is 40.8 Å². The van der Waals surface area contributed by atoms with Crippen LogP contribution < -0.4 is 0 Å². The summed E-state index contributed by atoms with van der Waals surface area (Å²) in [5.41, 5.74) is -2.15. The lowest BCUT2D eigenvalue weighted by Crippen LogP contribution is -2.72. The summed E-state index contributed by atoms with van der Waals surface area (Å²) >= 11 is 6.93. The lowest BCUT2D eigenvalue weighted by molar-refractivity contribution is -0.248. The molecule has 1 spiro atoms. The van der Waals surface area contributed by atoms with Crippen LogP contribution >= 0.6 is 11.6 Å². The van der Waals surface area contributed by atoms with Crippen molar-refractivity contribution in [1.29, 1.82) is 0 Å². The van der Waals surface area contributed by atoms with Crippen molar-refractivity contribution < 1.29 is 34.0 Å². The van der Waals surface area contributed by atoms with Crippen molar-refractivity contribution in [1.82, 2.24) is 0 Å². The van der Waals surface area contributed by atoms with Crippen LogP contribution in [0.4, 0.5) is 0 Å². The van der Waals surface area contributed by atoms with Crippen LogP contribution in [-0.4, -0.2) is 63.6 Å². The molecule has 0 amide bonds. The Labute approximate surface area is 229 Å². The van der Waals surface area contributed by atoms with Gasteiger partial charge in [0.1, 0.15) is 23.4 Å². The Morgan fingerprint density at radius 1 is 1.16 bits per heavy atom. The molecule has 3 saturated carbocycles. The number of alkyl halides is 1. The van der Waals surface area contributed by atoms with Crippen LogP contribution in [0.5, 0.6) is 0 Å². The molecule has 0 aromatic heterocycles. The number of fused-ring (bicyclic) bond motifs is 4. The molecule has 0 aromatic rings. The van der Waals surface area contributed by atoms with Crippen LogP contribution in [0.3, 0.4) is 0 Å². The fraction of sp³-hybridized carbons (Fsp3) is 0.800. The molecule has 8 heteroatoms. The topological polar surface area (TPSA) is 102 Å². The maximum Gasteiger partial charge on any atom is 0.334 e. The average Bonchev–Trinajstić information content (AvgIpc) is 3.38. The van der Waals surface area contributed by atoms with E-state index in [1.54, 1.807) is 0 Å². The van der Waals surface area contributed by atoms with Gasteiger partial charge in [-0.15, -0.1) is 11.6 Å². The van der Waals surface area contributed by atoms with Crippen LogP contribution in [0.2, 0.25) is 0 Å². The second-order valence-electron chi connectivity index (χ2n) is 13.1. The highest BCUT2D eigenvalue weighted by molar-refractivity contribution is 6.22. The number of hydrogen-bond donors (Lipinski definition) is 2. The van der Waals surface area contributed by atoms with Gasteiger partial charge in [-0.25, -0.2) is 4.79 Å². The summed E-state index contributed by atoms with van der Waals surface area (Å²) in [5.74, 6) is -0.161. The lowest BCUT2D eigenvalue weighted by atomic mass is 9.42. The highest BCUT2D eigenvalue weighted by Crippen LogP contribution is 2.73. The molecule has 2 aliphatic heterocycles. The lowest BCUT2D eigenvalue weighted by Gasteiger charge is -2.63. The summed E-state index contributed by atoms with van der Waals surface area (Å²) in [5, 5.41) is 21.9. The molecule has 0 bridgehead atoms. The van der Waals surface area contributed by atoms with E-state index in [1.807, 2.05) is 27.7 Å². The van der Waals surface area contributed by atoms with Crippen molar-refractivity contribution >= 4 is 23.4 Å². The number of rotatable bonds is 3. The first-order valence-corrected chi connectivity index (χ1v) is 14.7. The molecule has 38 heavy (non-hydrogen) atoms. The van der Waals surface area contributed by atoms with Gasteiger partial charge in [0.25, 0.3) is 0 Å². The van der Waals surface area contributed by atoms with E-state index in [0.717, 1.165) is 24.8 Å². The quantitative estimate of drug-likeness (QED) is 0.405. The Balaban J connectivity index is 1.40. The number of halogens is 1. The van der Waals surface area contributed by atoms with Gasteiger partial charge < -0.3 is 24.4 Å². The van der Waals surface area contributed by atoms with E-state index in [9.17, 15) is 19.8 Å². The largest absolute Gasteiger partial charge is 0.456 e. The molecule has 1 saturated heterocycles. The van der Waals surface area contributed by atoms with Gasteiger partial charge in [-0.2, -0.15) is 0 Å². The van der Waals surface area contributed by atoms with Crippen LogP contribution in [0, 0.1) is 34.5 Å². The Morgan fingerprint density at radius 3 is 2.58 bits per heavy atom. The Bertz CT molecular complexity index is 1120. The van der Waals surface area contributed by atoms with Gasteiger partial charge in [0.15, 0.2) is 12.1 Å². The van der Waals surface area contributed by atoms with Crippen molar-refractivity contribution in [3.63, 3.8) is 0 Å². The summed E-state index contributed by atoms with van der Waals surface area (Å²) in [6.07, 6.45) is 5.30. The summed E-state index contributed by atoms with van der Waals surface area (Å²) in [6.45, 7) is 10.2. The SMILES string of the molecule is CCO[C@@H]1O[C@@](C)([C@H]2CC(C)=C(C)C(=O)O2)[C@H]2CC[C@H]3[C@@H]4C[C@H](Cl)C5(O)[C@@H](O)C=CC(=O)[C@]5(C)[C@H]4CC[C@]123. The molecule has 2 N–H and O–H groups in total. The van der Waals surface area contributed by atoms with Crippen molar-refractivity contribution in [2.45, 2.75) is 108 Å². The standard InChI is InChI=1S/C30H41ClO7/c1-6-36-26-29-12-11-18-17(14-21(31)30(35)23(33)10-9-22(32)27(18,30)4)19(29)7-8-20(29)28(5,38-26)24-13-15(2)16(3)25(34)37-24/h9-10,17-21,23-24,26,33,35H,6-8,11-14H2,1-5H3/t17-,18+,19+,20-,21+,23+,24-,26-,27+,28-,29-,30?/m1/s1. The van der Waals surface area contributed by atoms with Crippen LogP contribution in [-0.2, 0) is 23.8 Å². The number of allylic oxidation sites excluding steroid dienone is 1. The monoisotopic (exact) mass is 548 g/mol. The molecule has 7 nitrogen and oxygen atoms in total. The molecular weight excluding hydrogens is 508 g/mol. The number of cyclic esters (lactones) is 1. The summed E-state index contributed by atoms with van der Waals surface area (Å²) in [7, 11) is 0. The van der Waals surface area contributed by atoms with Gasteiger partial charge in [-0.1, -0.05) is 5.57 Å². The minimum atomic E-state index is -1.71. The predicted molar refractivity (Wildman–Crippen MR) is 140 cm³/mol. The minimum absolute atomic E-state index is 0.0795. The van der Waals surface area contributed by atoms with Gasteiger partial charge in [0.2, 0.25) is 0 Å². The fourth-order valence-corrected chi connectivity index (χ4v) is 10.6. The second kappa shape index (κ2) is 8.62. The van der Waals surface area contributed by atoms with Crippen molar-refractivity contribution in [2.24, 2.45) is 34.5 Å². The summed E-state index contributed by atoms with van der Waals surface area (Å²) in [6, 6.07) is 0. The third-order valence-electron chi connectivity index (χ3n) is 12.1. The molecule has 4 fully saturated rings. The summed E-state index contributed by atoms with van der Waals surface area (Å²) in [4.78, 5) is 26.2. The van der Waals surface area contributed by atoms with Gasteiger partial charge >= 0.3 is 5.97 Å². The molecule has 12 atom stereocenters. The molecule has 210 valence electrons. The normalized spacial score (nSPS) is 53.8.